The molecule has 1 aliphatic rings. The highest BCUT2D eigenvalue weighted by Gasteiger charge is 2.38. The van der Waals surface area contributed by atoms with Crippen LogP contribution in [0.4, 0.5) is 0 Å². The maximum Gasteiger partial charge on any atom is 0.170 e. The van der Waals surface area contributed by atoms with Crippen LogP contribution in [-0.4, -0.2) is 18.9 Å². The van der Waals surface area contributed by atoms with Crippen molar-refractivity contribution in [1.82, 2.24) is 5.32 Å². The Morgan fingerprint density at radius 2 is 1.89 bits per heavy atom. The third-order valence-electron chi connectivity index (χ3n) is 4.72. The van der Waals surface area contributed by atoms with E-state index in [0.29, 0.717) is 5.78 Å². The number of ketones is 1. The van der Waals surface area contributed by atoms with Crippen molar-refractivity contribution < 1.29 is 4.79 Å². The van der Waals surface area contributed by atoms with Crippen LogP contribution >= 0.6 is 0 Å². The molecule has 104 valence electrons. The van der Waals surface area contributed by atoms with Gasteiger partial charge in [-0.15, -0.1) is 0 Å². The molecule has 2 nitrogen and oxygen atoms in total. The van der Waals surface area contributed by atoms with Crippen LogP contribution in [0.25, 0.3) is 0 Å². The Morgan fingerprint density at radius 1 is 1.21 bits per heavy atom. The first-order valence-corrected chi connectivity index (χ1v) is 7.33. The van der Waals surface area contributed by atoms with Crippen LogP contribution in [0.5, 0.6) is 0 Å². The fourth-order valence-corrected chi connectivity index (χ4v) is 3.11. The molecule has 1 fully saturated rings. The van der Waals surface area contributed by atoms with E-state index in [0.717, 1.165) is 43.5 Å². The van der Waals surface area contributed by atoms with Crippen molar-refractivity contribution in [3.63, 3.8) is 0 Å². The Labute approximate surface area is 116 Å². The second-order valence-electron chi connectivity index (χ2n) is 5.99. The Morgan fingerprint density at radius 3 is 2.47 bits per heavy atom. The van der Waals surface area contributed by atoms with Crippen LogP contribution < -0.4 is 5.32 Å². The molecule has 0 spiro atoms. The van der Waals surface area contributed by atoms with E-state index < -0.39 is 0 Å². The molecular formula is C17H25NO. The number of hydrogen-bond donors (Lipinski definition) is 1. The van der Waals surface area contributed by atoms with Crippen LogP contribution in [0.1, 0.15) is 53.2 Å². The maximum absolute atomic E-state index is 13.0. The number of carbonyl (C=O) groups is 1. The third kappa shape index (κ3) is 2.59. The van der Waals surface area contributed by atoms with E-state index in [2.05, 4.69) is 45.1 Å². The third-order valence-corrected chi connectivity index (χ3v) is 4.72. The van der Waals surface area contributed by atoms with E-state index in [-0.39, 0.29) is 5.41 Å². The maximum atomic E-state index is 13.0. The molecule has 1 N–H and O–H groups in total. The molecule has 1 aromatic carbocycles. The number of carbonyl (C=O) groups excluding carboxylic acids is 1. The first-order chi connectivity index (χ1) is 9.00. The molecule has 19 heavy (non-hydrogen) atoms. The fraction of sp³-hybridized carbons (Fsp3) is 0.588. The Balaban J connectivity index is 2.40. The van der Waals surface area contributed by atoms with Crippen molar-refractivity contribution in [1.29, 1.82) is 0 Å². The molecule has 2 heteroatoms. The first-order valence-electron chi connectivity index (χ1n) is 7.33. The van der Waals surface area contributed by atoms with Gasteiger partial charge >= 0.3 is 0 Å². The molecule has 1 aromatic rings. The van der Waals surface area contributed by atoms with Crippen LogP contribution in [0.3, 0.4) is 0 Å². The second kappa shape index (κ2) is 5.46. The van der Waals surface area contributed by atoms with Gasteiger partial charge in [-0.1, -0.05) is 13.0 Å². The molecule has 0 bridgehead atoms. The molecule has 0 amide bonds. The summed E-state index contributed by atoms with van der Waals surface area (Å²) in [4.78, 5) is 13.0. The van der Waals surface area contributed by atoms with E-state index in [4.69, 9.17) is 0 Å². The van der Waals surface area contributed by atoms with E-state index >= 15 is 0 Å². The highest BCUT2D eigenvalue weighted by Crippen LogP contribution is 2.35. The van der Waals surface area contributed by atoms with Gasteiger partial charge in [-0.3, -0.25) is 4.79 Å². The standard InChI is InChI=1S/C17H25NO/c1-5-17(7-6-8-18-11-17)16(19)15-10-13(3)12(2)9-14(15)4/h9-10,18H,5-8,11H2,1-4H3. The molecular weight excluding hydrogens is 234 g/mol. The summed E-state index contributed by atoms with van der Waals surface area (Å²) >= 11 is 0. The van der Waals surface area contributed by atoms with Gasteiger partial charge in [0.2, 0.25) is 0 Å². The molecule has 1 atom stereocenters. The summed E-state index contributed by atoms with van der Waals surface area (Å²) in [6.07, 6.45) is 3.04. The molecule has 0 radical (unpaired) electrons. The van der Waals surface area contributed by atoms with Gasteiger partial charge in [0.05, 0.1) is 0 Å². The SMILES string of the molecule is CCC1(C(=O)c2cc(C)c(C)cc2C)CCCNC1. The van der Waals surface area contributed by atoms with Crippen LogP contribution in [0.15, 0.2) is 12.1 Å². The van der Waals surface area contributed by atoms with Gasteiger partial charge in [0.25, 0.3) is 0 Å². The quantitative estimate of drug-likeness (QED) is 0.841. The minimum absolute atomic E-state index is 0.190. The minimum atomic E-state index is -0.190. The predicted octanol–water partition coefficient (Wildman–Crippen LogP) is 3.57. The summed E-state index contributed by atoms with van der Waals surface area (Å²) in [7, 11) is 0. The zero-order chi connectivity index (χ0) is 14.0. The van der Waals surface area contributed by atoms with Crippen molar-refractivity contribution in [2.75, 3.05) is 13.1 Å². The molecule has 0 saturated carbocycles. The number of hydrogen-bond acceptors (Lipinski definition) is 2. The largest absolute Gasteiger partial charge is 0.316 e. The predicted molar refractivity (Wildman–Crippen MR) is 79.8 cm³/mol. The van der Waals surface area contributed by atoms with Gasteiger partial charge in [-0.25, -0.2) is 0 Å². The van der Waals surface area contributed by atoms with Crippen LogP contribution in [-0.2, 0) is 0 Å². The lowest BCUT2D eigenvalue weighted by atomic mass is 9.72. The zero-order valence-corrected chi connectivity index (χ0v) is 12.6. The van der Waals surface area contributed by atoms with Crippen molar-refractivity contribution in [2.24, 2.45) is 5.41 Å². The van der Waals surface area contributed by atoms with Gasteiger partial charge in [0.15, 0.2) is 5.78 Å². The van der Waals surface area contributed by atoms with E-state index in [9.17, 15) is 4.79 Å². The molecule has 2 rings (SSSR count). The number of rotatable bonds is 3. The Hall–Kier alpha value is -1.15. The summed E-state index contributed by atoms with van der Waals surface area (Å²) in [5.41, 5.74) is 4.33. The minimum Gasteiger partial charge on any atom is -0.316 e. The highest BCUT2D eigenvalue weighted by molar-refractivity contribution is 6.02. The fourth-order valence-electron chi connectivity index (χ4n) is 3.11. The summed E-state index contributed by atoms with van der Waals surface area (Å²) in [6.45, 7) is 10.3. The first kappa shape index (κ1) is 14.3. The van der Waals surface area contributed by atoms with Gasteiger partial charge < -0.3 is 5.32 Å². The number of benzene rings is 1. The Kier molecular flexibility index (Phi) is 4.10. The van der Waals surface area contributed by atoms with Gasteiger partial charge in [0.1, 0.15) is 0 Å². The number of nitrogens with one attached hydrogen (secondary N) is 1. The number of Topliss-reactive ketones (excluding diaryl/α,β-unsaturated/α-hetero) is 1. The summed E-state index contributed by atoms with van der Waals surface area (Å²) in [5.74, 6) is 0.336. The topological polar surface area (TPSA) is 29.1 Å². The monoisotopic (exact) mass is 259 g/mol. The van der Waals surface area contributed by atoms with Crippen LogP contribution in [0.2, 0.25) is 0 Å². The van der Waals surface area contributed by atoms with Crippen molar-refractivity contribution in [3.05, 3.63) is 34.4 Å². The lowest BCUT2D eigenvalue weighted by Gasteiger charge is -2.36. The van der Waals surface area contributed by atoms with Gasteiger partial charge in [0, 0.05) is 17.5 Å². The summed E-state index contributed by atoms with van der Waals surface area (Å²) in [6, 6.07) is 4.22. The van der Waals surface area contributed by atoms with Gasteiger partial charge in [-0.2, -0.15) is 0 Å². The number of aryl methyl sites for hydroxylation is 3. The second-order valence-corrected chi connectivity index (χ2v) is 5.99. The van der Waals surface area contributed by atoms with E-state index in [1.54, 1.807) is 0 Å². The van der Waals surface area contributed by atoms with Crippen molar-refractivity contribution >= 4 is 5.78 Å². The van der Waals surface area contributed by atoms with E-state index in [1.807, 2.05) is 0 Å². The number of piperidine rings is 1. The molecule has 1 unspecified atom stereocenters. The van der Waals surface area contributed by atoms with Crippen molar-refractivity contribution in [3.8, 4) is 0 Å². The van der Waals surface area contributed by atoms with Gasteiger partial charge in [-0.05, 0) is 69.3 Å². The molecule has 0 aliphatic carbocycles. The van der Waals surface area contributed by atoms with Crippen molar-refractivity contribution in [2.45, 2.75) is 47.0 Å². The van der Waals surface area contributed by atoms with Crippen LogP contribution in [0, 0.1) is 26.2 Å². The normalized spacial score (nSPS) is 23.4. The lowest BCUT2D eigenvalue weighted by molar-refractivity contribution is 0.0730. The van der Waals surface area contributed by atoms with E-state index in [1.165, 1.54) is 11.1 Å². The average Bonchev–Trinajstić information content (AvgIpc) is 2.43. The molecule has 0 aromatic heterocycles. The summed E-state index contributed by atoms with van der Waals surface area (Å²) in [5, 5.41) is 3.40. The molecule has 1 heterocycles. The lowest BCUT2D eigenvalue weighted by Crippen LogP contribution is -2.45. The Bertz CT molecular complexity index is 484. The molecule has 1 aliphatic heterocycles. The highest BCUT2D eigenvalue weighted by atomic mass is 16.1. The smallest absolute Gasteiger partial charge is 0.170 e. The molecule has 1 saturated heterocycles. The summed E-state index contributed by atoms with van der Waals surface area (Å²) < 4.78 is 0. The average molecular weight is 259 g/mol. The zero-order valence-electron chi connectivity index (χ0n) is 12.6.